The lowest BCUT2D eigenvalue weighted by Gasteiger charge is -2.27. The van der Waals surface area contributed by atoms with Crippen molar-refractivity contribution >= 4 is 0 Å². The fraction of sp³-hybridized carbons (Fsp3) is 0.250. The number of fused-ring (bicyclic) bond motifs is 1. The summed E-state index contributed by atoms with van der Waals surface area (Å²) in [4.78, 5) is 0. The number of methoxy groups -OCH3 is 1. The predicted molar refractivity (Wildman–Crippen MR) is 74.5 cm³/mol. The molecule has 104 valence electrons. The van der Waals surface area contributed by atoms with Gasteiger partial charge in [-0.25, -0.2) is 0 Å². The Labute approximate surface area is 117 Å². The van der Waals surface area contributed by atoms with Crippen molar-refractivity contribution in [1.82, 2.24) is 0 Å². The van der Waals surface area contributed by atoms with Crippen molar-refractivity contribution in [2.45, 2.75) is 18.9 Å². The van der Waals surface area contributed by atoms with E-state index in [1.807, 2.05) is 12.1 Å². The molecule has 0 bridgehead atoms. The van der Waals surface area contributed by atoms with Crippen molar-refractivity contribution in [2.24, 2.45) is 0 Å². The molecule has 0 aromatic heterocycles. The second-order valence-electron chi connectivity index (χ2n) is 4.87. The summed E-state index contributed by atoms with van der Waals surface area (Å²) in [7, 11) is 1.52. The molecule has 0 aliphatic carbocycles. The molecule has 20 heavy (non-hydrogen) atoms. The van der Waals surface area contributed by atoms with Gasteiger partial charge < -0.3 is 19.7 Å². The largest absolute Gasteiger partial charge is 0.508 e. The third-order valence-corrected chi connectivity index (χ3v) is 3.57. The molecule has 0 saturated heterocycles. The van der Waals surface area contributed by atoms with Gasteiger partial charge in [-0.3, -0.25) is 0 Å². The third-order valence-electron chi connectivity index (χ3n) is 3.57. The van der Waals surface area contributed by atoms with E-state index in [0.29, 0.717) is 5.75 Å². The summed E-state index contributed by atoms with van der Waals surface area (Å²) in [5, 5.41) is 19.1. The average Bonchev–Trinajstić information content (AvgIpc) is 2.47. The molecule has 0 radical (unpaired) electrons. The zero-order valence-electron chi connectivity index (χ0n) is 11.2. The van der Waals surface area contributed by atoms with Crippen molar-refractivity contribution in [1.29, 1.82) is 0 Å². The minimum Gasteiger partial charge on any atom is -0.508 e. The van der Waals surface area contributed by atoms with Gasteiger partial charge in [-0.05, 0) is 42.2 Å². The highest BCUT2D eigenvalue weighted by Gasteiger charge is 2.23. The molecular formula is C16H16O4. The summed E-state index contributed by atoms with van der Waals surface area (Å²) in [6, 6.07) is 10.5. The van der Waals surface area contributed by atoms with Crippen molar-refractivity contribution in [3.63, 3.8) is 0 Å². The van der Waals surface area contributed by atoms with Gasteiger partial charge in [-0.2, -0.15) is 0 Å². The lowest BCUT2D eigenvalue weighted by atomic mass is 9.97. The first kappa shape index (κ1) is 12.7. The maximum Gasteiger partial charge on any atom is 0.164 e. The van der Waals surface area contributed by atoms with Crippen LogP contribution in [0.5, 0.6) is 23.0 Å². The summed E-state index contributed by atoms with van der Waals surface area (Å²) in [6.07, 6.45) is 1.62. The van der Waals surface area contributed by atoms with Crippen molar-refractivity contribution < 1.29 is 19.7 Å². The number of ether oxygens (including phenoxy) is 2. The van der Waals surface area contributed by atoms with Crippen LogP contribution in [-0.4, -0.2) is 17.3 Å². The molecule has 1 aliphatic rings. The summed E-state index contributed by atoms with van der Waals surface area (Å²) >= 11 is 0. The quantitative estimate of drug-likeness (QED) is 0.881. The van der Waals surface area contributed by atoms with Crippen LogP contribution < -0.4 is 9.47 Å². The van der Waals surface area contributed by atoms with E-state index in [-0.39, 0.29) is 17.6 Å². The van der Waals surface area contributed by atoms with Crippen LogP contribution in [0.2, 0.25) is 0 Å². The molecule has 2 aromatic rings. The Morgan fingerprint density at radius 3 is 2.60 bits per heavy atom. The van der Waals surface area contributed by atoms with Crippen LogP contribution in [-0.2, 0) is 6.42 Å². The fourth-order valence-corrected chi connectivity index (χ4v) is 2.48. The van der Waals surface area contributed by atoms with Gasteiger partial charge in [-0.1, -0.05) is 12.1 Å². The van der Waals surface area contributed by atoms with E-state index >= 15 is 0 Å². The van der Waals surface area contributed by atoms with Crippen molar-refractivity contribution in [3.05, 3.63) is 47.5 Å². The van der Waals surface area contributed by atoms with Gasteiger partial charge in [0.2, 0.25) is 0 Å². The van der Waals surface area contributed by atoms with Crippen LogP contribution in [0.25, 0.3) is 0 Å². The van der Waals surface area contributed by atoms with E-state index in [4.69, 9.17) is 9.47 Å². The van der Waals surface area contributed by atoms with Crippen molar-refractivity contribution in [2.75, 3.05) is 7.11 Å². The Bertz CT molecular complexity index is 619. The molecule has 0 spiro atoms. The summed E-state index contributed by atoms with van der Waals surface area (Å²) in [5.41, 5.74) is 2.01. The Kier molecular flexibility index (Phi) is 3.14. The number of rotatable bonds is 2. The molecule has 0 saturated carbocycles. The highest BCUT2D eigenvalue weighted by Crippen LogP contribution is 2.41. The Balaban J connectivity index is 1.89. The number of hydrogen-bond donors (Lipinski definition) is 2. The first-order chi connectivity index (χ1) is 9.67. The van der Waals surface area contributed by atoms with Crippen molar-refractivity contribution in [3.8, 4) is 23.0 Å². The average molecular weight is 272 g/mol. The number of aromatic hydroxyl groups is 2. The van der Waals surface area contributed by atoms with E-state index in [9.17, 15) is 10.2 Å². The maximum atomic E-state index is 9.77. The first-order valence-corrected chi connectivity index (χ1v) is 6.53. The molecule has 3 rings (SSSR count). The molecule has 1 heterocycles. The zero-order valence-corrected chi connectivity index (χ0v) is 11.2. The topological polar surface area (TPSA) is 58.9 Å². The minimum absolute atomic E-state index is 0.0441. The lowest BCUT2D eigenvalue weighted by molar-refractivity contribution is 0.175. The highest BCUT2D eigenvalue weighted by molar-refractivity contribution is 5.51. The molecule has 4 heteroatoms. The van der Waals surface area contributed by atoms with Crippen LogP contribution in [0.15, 0.2) is 36.4 Å². The van der Waals surface area contributed by atoms with Gasteiger partial charge in [0.15, 0.2) is 11.5 Å². The number of hydrogen-bond acceptors (Lipinski definition) is 4. The highest BCUT2D eigenvalue weighted by atomic mass is 16.5. The lowest BCUT2D eigenvalue weighted by Crippen LogP contribution is -2.15. The van der Waals surface area contributed by atoms with E-state index in [0.717, 1.165) is 29.7 Å². The molecule has 0 amide bonds. The molecular weight excluding hydrogens is 256 g/mol. The minimum atomic E-state index is -0.0441. The summed E-state index contributed by atoms with van der Waals surface area (Å²) in [5.74, 6) is 1.54. The van der Waals surface area contributed by atoms with Gasteiger partial charge in [0.05, 0.1) is 7.11 Å². The van der Waals surface area contributed by atoms with Gasteiger partial charge in [-0.15, -0.1) is 0 Å². The first-order valence-electron chi connectivity index (χ1n) is 6.53. The van der Waals surface area contributed by atoms with Crippen LogP contribution in [0.4, 0.5) is 0 Å². The monoisotopic (exact) mass is 272 g/mol. The van der Waals surface area contributed by atoms with Gasteiger partial charge in [0.25, 0.3) is 0 Å². The molecule has 4 nitrogen and oxygen atoms in total. The van der Waals surface area contributed by atoms with E-state index in [1.54, 1.807) is 24.3 Å². The van der Waals surface area contributed by atoms with Crippen LogP contribution in [0, 0.1) is 0 Å². The Morgan fingerprint density at radius 2 is 1.90 bits per heavy atom. The van der Waals surface area contributed by atoms with E-state index in [2.05, 4.69) is 0 Å². The van der Waals surface area contributed by atoms with Gasteiger partial charge in [0.1, 0.15) is 17.6 Å². The zero-order chi connectivity index (χ0) is 14.1. The van der Waals surface area contributed by atoms with E-state index in [1.165, 1.54) is 7.11 Å². The second kappa shape index (κ2) is 4.96. The van der Waals surface area contributed by atoms with Crippen LogP contribution >= 0.6 is 0 Å². The third kappa shape index (κ3) is 2.25. The summed E-state index contributed by atoms with van der Waals surface area (Å²) < 4.78 is 11.1. The Morgan fingerprint density at radius 1 is 1.15 bits per heavy atom. The van der Waals surface area contributed by atoms with E-state index < -0.39 is 0 Å². The molecule has 2 aromatic carbocycles. The normalized spacial score (nSPS) is 17.1. The maximum absolute atomic E-state index is 9.77. The van der Waals surface area contributed by atoms with Gasteiger partial charge >= 0.3 is 0 Å². The standard InChI is InChI=1S/C16H16O4/c1-19-16-9-15-11(8-13(16)18)4-7-14(20-15)10-2-5-12(17)6-3-10/h2-3,5-6,8-9,14,17-18H,4,7H2,1H3. The van der Waals surface area contributed by atoms with Gasteiger partial charge in [0, 0.05) is 6.07 Å². The molecule has 1 atom stereocenters. The smallest absolute Gasteiger partial charge is 0.164 e. The Hall–Kier alpha value is -2.36. The molecule has 0 fully saturated rings. The number of benzene rings is 2. The number of phenols is 2. The number of phenolic OH excluding ortho intramolecular Hbond substituents is 2. The van der Waals surface area contributed by atoms with Crippen LogP contribution in [0.3, 0.4) is 0 Å². The fourth-order valence-electron chi connectivity index (χ4n) is 2.48. The summed E-state index contributed by atoms with van der Waals surface area (Å²) in [6.45, 7) is 0. The SMILES string of the molecule is COc1cc2c(cc1O)CCC(c1ccc(O)cc1)O2. The number of aryl methyl sites for hydroxylation is 1. The second-order valence-corrected chi connectivity index (χ2v) is 4.87. The molecule has 2 N–H and O–H groups in total. The van der Waals surface area contributed by atoms with Crippen LogP contribution in [0.1, 0.15) is 23.7 Å². The molecule has 1 unspecified atom stereocenters. The predicted octanol–water partition coefficient (Wildman–Crippen LogP) is 3.17. The molecule has 1 aliphatic heterocycles.